The van der Waals surface area contributed by atoms with E-state index < -0.39 is 6.61 Å². The Labute approximate surface area is 160 Å². The third kappa shape index (κ3) is 6.42. The number of rotatable bonds is 10. The predicted molar refractivity (Wildman–Crippen MR) is 98.5 cm³/mol. The zero-order valence-corrected chi connectivity index (χ0v) is 16.2. The van der Waals surface area contributed by atoms with Gasteiger partial charge in [0.15, 0.2) is 11.5 Å². The van der Waals surface area contributed by atoms with Gasteiger partial charge >= 0.3 is 6.61 Å². The molecule has 1 amide bonds. The zero-order valence-electron chi connectivity index (χ0n) is 15.4. The highest BCUT2D eigenvalue weighted by Gasteiger charge is 2.12. The number of amides is 1. The minimum Gasteiger partial charge on any atom is -0.493 e. The molecule has 0 spiro atoms. The van der Waals surface area contributed by atoms with Gasteiger partial charge in [-0.3, -0.25) is 4.79 Å². The summed E-state index contributed by atoms with van der Waals surface area (Å²) in [6.07, 6.45) is 0.547. The molecule has 0 radical (unpaired) electrons. The van der Waals surface area contributed by atoms with Crippen LogP contribution in [0.4, 0.5) is 8.78 Å². The smallest absolute Gasteiger partial charge is 0.387 e. The molecule has 9 heteroatoms. The Kier molecular flexibility index (Phi) is 7.90. The van der Waals surface area contributed by atoms with Crippen LogP contribution in [0.15, 0.2) is 22.7 Å². The van der Waals surface area contributed by atoms with Crippen molar-refractivity contribution in [2.24, 2.45) is 0 Å². The van der Waals surface area contributed by atoms with Crippen LogP contribution >= 0.6 is 11.8 Å². The summed E-state index contributed by atoms with van der Waals surface area (Å²) in [5.41, 5.74) is 2.71. The first-order valence-corrected chi connectivity index (χ1v) is 9.44. The summed E-state index contributed by atoms with van der Waals surface area (Å²) in [5.74, 6) is 1.90. The molecule has 2 rings (SSSR count). The Hall–Kier alpha value is -2.29. The van der Waals surface area contributed by atoms with Crippen molar-refractivity contribution in [2.75, 3.05) is 19.4 Å². The topological polar surface area (TPSA) is 73.6 Å². The molecule has 148 valence electrons. The molecule has 0 aliphatic carbocycles. The van der Waals surface area contributed by atoms with E-state index >= 15 is 0 Å². The molecular weight excluding hydrogens is 378 g/mol. The van der Waals surface area contributed by atoms with Gasteiger partial charge in [0.05, 0.1) is 18.6 Å². The van der Waals surface area contributed by atoms with Crippen LogP contribution in [0.25, 0.3) is 0 Å². The number of alkyl halides is 2. The van der Waals surface area contributed by atoms with Crippen LogP contribution in [-0.4, -0.2) is 37.1 Å². The highest BCUT2D eigenvalue weighted by atomic mass is 32.2. The molecule has 27 heavy (non-hydrogen) atoms. The molecule has 0 saturated carbocycles. The number of hydrogen-bond donors (Lipinski definition) is 1. The maximum absolute atomic E-state index is 12.3. The number of aryl methyl sites for hydroxylation is 2. The van der Waals surface area contributed by atoms with Crippen molar-refractivity contribution in [3.05, 3.63) is 40.8 Å². The number of halogens is 2. The third-order valence-electron chi connectivity index (χ3n) is 3.84. The molecule has 0 aliphatic rings. The molecule has 0 unspecified atom stereocenters. The van der Waals surface area contributed by atoms with Gasteiger partial charge in [-0.25, -0.2) is 0 Å². The molecule has 1 heterocycles. The Balaban J connectivity index is 1.74. The van der Waals surface area contributed by atoms with E-state index in [-0.39, 0.29) is 17.4 Å². The maximum atomic E-state index is 12.3. The van der Waals surface area contributed by atoms with Crippen molar-refractivity contribution >= 4 is 17.7 Å². The molecule has 1 N–H and O–H groups in total. The van der Waals surface area contributed by atoms with Gasteiger partial charge < -0.3 is 19.3 Å². The molecule has 1 aromatic heterocycles. The van der Waals surface area contributed by atoms with Crippen molar-refractivity contribution in [3.63, 3.8) is 0 Å². The van der Waals surface area contributed by atoms with Crippen LogP contribution in [0.2, 0.25) is 0 Å². The number of benzene rings is 1. The Bertz CT molecular complexity index is 748. The van der Waals surface area contributed by atoms with Gasteiger partial charge in [0.1, 0.15) is 5.76 Å². The lowest BCUT2D eigenvalue weighted by molar-refractivity contribution is -0.118. The highest BCUT2D eigenvalue weighted by molar-refractivity contribution is 7.99. The molecule has 2 aromatic rings. The average molecular weight is 400 g/mol. The van der Waals surface area contributed by atoms with Crippen LogP contribution in [0.5, 0.6) is 11.5 Å². The summed E-state index contributed by atoms with van der Waals surface area (Å²) in [7, 11) is 1.38. The molecular formula is C18H22F2N2O4S. The molecule has 1 aromatic carbocycles. The van der Waals surface area contributed by atoms with Crippen LogP contribution in [0.3, 0.4) is 0 Å². The lowest BCUT2D eigenvalue weighted by atomic mass is 10.1. The van der Waals surface area contributed by atoms with E-state index in [1.165, 1.54) is 24.9 Å². The van der Waals surface area contributed by atoms with Crippen molar-refractivity contribution in [3.8, 4) is 11.5 Å². The Morgan fingerprint density at radius 2 is 2.11 bits per heavy atom. The van der Waals surface area contributed by atoms with Crippen LogP contribution in [0, 0.1) is 13.8 Å². The van der Waals surface area contributed by atoms with E-state index in [0.29, 0.717) is 24.5 Å². The normalized spacial score (nSPS) is 10.9. The molecule has 0 aliphatic heterocycles. The number of thioether (sulfide) groups is 1. The van der Waals surface area contributed by atoms with E-state index in [9.17, 15) is 13.6 Å². The first-order valence-electron chi connectivity index (χ1n) is 8.28. The molecule has 0 saturated heterocycles. The summed E-state index contributed by atoms with van der Waals surface area (Å²) in [6, 6.07) is 4.72. The van der Waals surface area contributed by atoms with Crippen LogP contribution < -0.4 is 14.8 Å². The quantitative estimate of drug-likeness (QED) is 0.658. The number of nitrogens with one attached hydrogen (secondary N) is 1. The molecule has 0 bridgehead atoms. The minimum atomic E-state index is -2.91. The third-order valence-corrected chi connectivity index (χ3v) is 4.80. The van der Waals surface area contributed by atoms with E-state index in [4.69, 9.17) is 9.26 Å². The fraction of sp³-hybridized carbons (Fsp3) is 0.444. The maximum Gasteiger partial charge on any atom is 0.387 e. The van der Waals surface area contributed by atoms with Gasteiger partial charge in [0, 0.05) is 17.9 Å². The van der Waals surface area contributed by atoms with Gasteiger partial charge in [-0.05, 0) is 38.0 Å². The summed E-state index contributed by atoms with van der Waals surface area (Å²) < 4.78 is 39.2. The van der Waals surface area contributed by atoms with Crippen molar-refractivity contribution in [1.82, 2.24) is 10.5 Å². The molecule has 0 fully saturated rings. The van der Waals surface area contributed by atoms with Crippen molar-refractivity contribution < 1.29 is 27.6 Å². The number of carbonyl (C=O) groups excluding carboxylic acids is 1. The van der Waals surface area contributed by atoms with Gasteiger partial charge in [-0.15, -0.1) is 11.8 Å². The number of hydrogen-bond acceptors (Lipinski definition) is 6. The Morgan fingerprint density at radius 1 is 1.33 bits per heavy atom. The molecule has 0 atom stereocenters. The number of ether oxygens (including phenoxy) is 2. The standard InChI is InChI=1S/C18H22F2N2O4S/c1-11-14(12(2)26-22-11)9-27-10-17(23)21-7-6-13-4-5-15(25-18(19)20)16(8-13)24-3/h4-5,8,18H,6-7,9-10H2,1-3H3,(H,21,23). The van der Waals surface area contributed by atoms with Gasteiger partial charge in [0.2, 0.25) is 5.91 Å². The summed E-state index contributed by atoms with van der Waals surface area (Å²) >= 11 is 1.49. The number of nitrogens with zero attached hydrogens (tertiary/aromatic N) is 1. The fourth-order valence-corrected chi connectivity index (χ4v) is 3.42. The fourth-order valence-electron chi connectivity index (χ4n) is 2.41. The van der Waals surface area contributed by atoms with Crippen molar-refractivity contribution in [2.45, 2.75) is 32.6 Å². The predicted octanol–water partition coefficient (Wildman–Crippen LogP) is 3.49. The average Bonchev–Trinajstić information content (AvgIpc) is 2.94. The Morgan fingerprint density at radius 3 is 2.74 bits per heavy atom. The lowest BCUT2D eigenvalue weighted by Gasteiger charge is -2.11. The summed E-state index contributed by atoms with van der Waals surface area (Å²) in [6.45, 7) is 1.25. The van der Waals surface area contributed by atoms with Gasteiger partial charge in [0.25, 0.3) is 0 Å². The SMILES string of the molecule is COc1cc(CCNC(=O)CSCc2c(C)noc2C)ccc1OC(F)F. The first-order chi connectivity index (χ1) is 12.9. The lowest BCUT2D eigenvalue weighted by Crippen LogP contribution is -2.27. The summed E-state index contributed by atoms with van der Waals surface area (Å²) in [4.78, 5) is 11.9. The van der Waals surface area contributed by atoms with Gasteiger partial charge in [-0.2, -0.15) is 8.78 Å². The number of carbonyl (C=O) groups is 1. The number of methoxy groups -OCH3 is 1. The zero-order chi connectivity index (χ0) is 19.8. The van der Waals surface area contributed by atoms with Gasteiger partial charge in [-0.1, -0.05) is 11.2 Å². The first kappa shape index (κ1) is 21.0. The minimum absolute atomic E-state index is 0.0176. The van der Waals surface area contributed by atoms with E-state index in [2.05, 4.69) is 15.2 Å². The van der Waals surface area contributed by atoms with Crippen molar-refractivity contribution in [1.29, 1.82) is 0 Å². The molecule has 6 nitrogen and oxygen atoms in total. The van der Waals surface area contributed by atoms with Crippen LogP contribution in [0.1, 0.15) is 22.6 Å². The summed E-state index contributed by atoms with van der Waals surface area (Å²) in [5, 5.41) is 6.72. The van der Waals surface area contributed by atoms with E-state index in [0.717, 1.165) is 22.6 Å². The monoisotopic (exact) mass is 400 g/mol. The second kappa shape index (κ2) is 10.1. The van der Waals surface area contributed by atoms with E-state index in [1.807, 2.05) is 13.8 Å². The number of aromatic nitrogens is 1. The van der Waals surface area contributed by atoms with E-state index in [1.54, 1.807) is 12.1 Å². The highest BCUT2D eigenvalue weighted by Crippen LogP contribution is 2.29. The van der Waals surface area contributed by atoms with Crippen LogP contribution in [-0.2, 0) is 17.0 Å². The second-order valence-corrected chi connectivity index (χ2v) is 6.74. The second-order valence-electron chi connectivity index (χ2n) is 5.76. The largest absolute Gasteiger partial charge is 0.493 e.